The van der Waals surface area contributed by atoms with Crippen LogP contribution in [0.3, 0.4) is 0 Å². The first-order valence-electron chi connectivity index (χ1n) is 6.49. The fourth-order valence-electron chi connectivity index (χ4n) is 1.63. The van der Waals surface area contributed by atoms with Gasteiger partial charge in [-0.15, -0.1) is 0 Å². The van der Waals surface area contributed by atoms with Crippen molar-refractivity contribution < 1.29 is 9.90 Å². The molecule has 0 bridgehead atoms. The van der Waals surface area contributed by atoms with Gasteiger partial charge in [0.2, 0.25) is 0 Å². The van der Waals surface area contributed by atoms with Gasteiger partial charge in [0.25, 0.3) is 0 Å². The minimum atomic E-state index is -0.858. The van der Waals surface area contributed by atoms with E-state index in [2.05, 4.69) is 33.0 Å². The monoisotopic (exact) mass is 285 g/mol. The van der Waals surface area contributed by atoms with Gasteiger partial charge in [-0.1, -0.05) is 57.5 Å². The zero-order chi connectivity index (χ0) is 15.0. The molecule has 1 unspecified atom stereocenters. The van der Waals surface area contributed by atoms with Crippen LogP contribution in [0.2, 0.25) is 5.02 Å². The maximum Gasteiger partial charge on any atom is 0.310 e. The lowest BCUT2D eigenvalue weighted by Crippen LogP contribution is -2.29. The van der Waals surface area contributed by atoms with E-state index in [4.69, 9.17) is 16.7 Å². The van der Waals surface area contributed by atoms with Crippen molar-refractivity contribution in [2.75, 3.05) is 0 Å². The summed E-state index contributed by atoms with van der Waals surface area (Å²) in [5.41, 5.74) is 0.659. The quantitative estimate of drug-likeness (QED) is 0.881. The highest BCUT2D eigenvalue weighted by Gasteiger charge is 2.15. The Kier molecular flexibility index (Phi) is 8.44. The van der Waals surface area contributed by atoms with E-state index in [1.54, 1.807) is 31.2 Å². The Bertz CT molecular complexity index is 385. The van der Waals surface area contributed by atoms with E-state index in [1.165, 1.54) is 0 Å². The summed E-state index contributed by atoms with van der Waals surface area (Å²) in [7, 11) is 0. The Morgan fingerprint density at radius 3 is 1.89 bits per heavy atom. The molecule has 0 radical (unpaired) electrons. The molecular formula is C15H24ClNO2. The fraction of sp³-hybridized carbons (Fsp3) is 0.533. The van der Waals surface area contributed by atoms with Crippen LogP contribution < -0.4 is 5.32 Å². The zero-order valence-corrected chi connectivity index (χ0v) is 13.0. The maximum absolute atomic E-state index is 10.6. The summed E-state index contributed by atoms with van der Waals surface area (Å²) in [6.45, 7) is 10.2. The number of benzene rings is 1. The van der Waals surface area contributed by atoms with Gasteiger partial charge < -0.3 is 10.4 Å². The van der Waals surface area contributed by atoms with Crippen LogP contribution in [0.15, 0.2) is 24.3 Å². The molecule has 0 fully saturated rings. The molecule has 108 valence electrons. The second-order valence-electron chi connectivity index (χ2n) is 5.06. The van der Waals surface area contributed by atoms with Crippen LogP contribution in [0.4, 0.5) is 0 Å². The first-order chi connectivity index (χ1) is 8.75. The predicted molar refractivity (Wildman–Crippen MR) is 80.9 cm³/mol. The topological polar surface area (TPSA) is 49.3 Å². The molecule has 0 saturated carbocycles. The van der Waals surface area contributed by atoms with Crippen LogP contribution in [0.5, 0.6) is 0 Å². The molecule has 1 atom stereocenters. The number of halogens is 1. The molecule has 2 N–H and O–H groups in total. The van der Waals surface area contributed by atoms with E-state index in [0.29, 0.717) is 22.7 Å². The number of rotatable bonds is 4. The number of carbonyl (C=O) groups is 1. The molecule has 4 heteroatoms. The van der Waals surface area contributed by atoms with E-state index in [0.717, 1.165) is 0 Å². The standard InChI is InChI=1S/C9H9ClO2.C6H15N/c1-6(9(11)12)7-4-2-3-5-8(7)10;1-5(2)7-6(3)4/h2-6H,1H3,(H,11,12);5-7H,1-4H3. The summed E-state index contributed by atoms with van der Waals surface area (Å²) in [5.74, 6) is -1.40. The second kappa shape index (κ2) is 8.94. The summed E-state index contributed by atoms with van der Waals surface area (Å²) in [6, 6.07) is 8.22. The van der Waals surface area contributed by atoms with Crippen LogP contribution in [-0.4, -0.2) is 23.2 Å². The minimum absolute atomic E-state index is 0.507. The number of hydrogen-bond acceptors (Lipinski definition) is 2. The Morgan fingerprint density at radius 1 is 1.11 bits per heavy atom. The fourth-order valence-corrected chi connectivity index (χ4v) is 1.93. The summed E-state index contributed by atoms with van der Waals surface area (Å²) >= 11 is 5.80. The molecule has 19 heavy (non-hydrogen) atoms. The van der Waals surface area contributed by atoms with E-state index in [9.17, 15) is 4.79 Å². The van der Waals surface area contributed by atoms with Crippen molar-refractivity contribution in [3.8, 4) is 0 Å². The van der Waals surface area contributed by atoms with Gasteiger partial charge in [-0.05, 0) is 18.6 Å². The molecule has 0 spiro atoms. The first-order valence-corrected chi connectivity index (χ1v) is 6.86. The molecular weight excluding hydrogens is 262 g/mol. The highest BCUT2D eigenvalue weighted by Crippen LogP contribution is 2.23. The molecule has 1 aromatic carbocycles. The molecule has 3 nitrogen and oxygen atoms in total. The molecule has 0 aliphatic carbocycles. The summed E-state index contributed by atoms with van der Waals surface area (Å²) in [5, 5.41) is 12.5. The van der Waals surface area contributed by atoms with Crippen molar-refractivity contribution >= 4 is 17.6 Å². The lowest BCUT2D eigenvalue weighted by Gasteiger charge is -2.10. The van der Waals surface area contributed by atoms with Gasteiger partial charge in [0, 0.05) is 17.1 Å². The van der Waals surface area contributed by atoms with Crippen LogP contribution in [0.25, 0.3) is 0 Å². The molecule has 0 aliphatic heterocycles. The second-order valence-corrected chi connectivity index (χ2v) is 5.46. The number of aliphatic carboxylic acids is 1. The van der Waals surface area contributed by atoms with E-state index in [1.807, 2.05) is 0 Å². The summed E-state index contributed by atoms with van der Waals surface area (Å²) < 4.78 is 0. The normalized spacial score (nSPS) is 12.0. The number of hydrogen-bond donors (Lipinski definition) is 2. The molecule has 0 aromatic heterocycles. The van der Waals surface area contributed by atoms with E-state index in [-0.39, 0.29) is 0 Å². The van der Waals surface area contributed by atoms with Crippen molar-refractivity contribution in [1.29, 1.82) is 0 Å². The van der Waals surface area contributed by atoms with Gasteiger partial charge in [-0.25, -0.2) is 0 Å². The SMILES string of the molecule is CC(C(=O)O)c1ccccc1Cl.CC(C)NC(C)C. The van der Waals surface area contributed by atoms with E-state index >= 15 is 0 Å². The van der Waals surface area contributed by atoms with Gasteiger partial charge in [0.1, 0.15) is 0 Å². The van der Waals surface area contributed by atoms with Crippen molar-refractivity contribution in [2.24, 2.45) is 0 Å². The number of carboxylic acid groups (broad SMARTS) is 1. The van der Waals surface area contributed by atoms with Crippen molar-refractivity contribution in [3.05, 3.63) is 34.9 Å². The van der Waals surface area contributed by atoms with Gasteiger partial charge in [0.05, 0.1) is 5.92 Å². The smallest absolute Gasteiger partial charge is 0.310 e. The largest absolute Gasteiger partial charge is 0.481 e. The molecule has 1 aromatic rings. The summed E-state index contributed by atoms with van der Waals surface area (Å²) in [4.78, 5) is 10.6. The Balaban J connectivity index is 0.000000399. The molecule has 0 aliphatic rings. The molecule has 0 heterocycles. The average Bonchev–Trinajstić information content (AvgIpc) is 2.27. The number of nitrogens with one attached hydrogen (secondary N) is 1. The lowest BCUT2D eigenvalue weighted by molar-refractivity contribution is -0.138. The van der Waals surface area contributed by atoms with Crippen LogP contribution in [-0.2, 0) is 4.79 Å². The average molecular weight is 286 g/mol. The number of carboxylic acids is 1. The molecule has 0 amide bonds. The zero-order valence-electron chi connectivity index (χ0n) is 12.3. The highest BCUT2D eigenvalue weighted by molar-refractivity contribution is 6.31. The molecule has 1 rings (SSSR count). The van der Waals surface area contributed by atoms with Crippen LogP contribution >= 0.6 is 11.6 Å². The van der Waals surface area contributed by atoms with Crippen LogP contribution in [0, 0.1) is 0 Å². The first kappa shape index (κ1) is 17.9. The van der Waals surface area contributed by atoms with Gasteiger partial charge >= 0.3 is 5.97 Å². The summed E-state index contributed by atoms with van der Waals surface area (Å²) in [6.07, 6.45) is 0. The van der Waals surface area contributed by atoms with Crippen molar-refractivity contribution in [2.45, 2.75) is 52.6 Å². The molecule has 0 saturated heterocycles. The highest BCUT2D eigenvalue weighted by atomic mass is 35.5. The Morgan fingerprint density at radius 2 is 1.58 bits per heavy atom. The van der Waals surface area contributed by atoms with Crippen LogP contribution in [0.1, 0.15) is 46.1 Å². The predicted octanol–water partition coefficient (Wildman–Crippen LogP) is 3.92. The Hall–Kier alpha value is -1.06. The van der Waals surface area contributed by atoms with E-state index < -0.39 is 11.9 Å². The van der Waals surface area contributed by atoms with Crippen molar-refractivity contribution in [1.82, 2.24) is 5.32 Å². The third kappa shape index (κ3) is 7.85. The van der Waals surface area contributed by atoms with Gasteiger partial charge in [0.15, 0.2) is 0 Å². The Labute approximate surface area is 121 Å². The van der Waals surface area contributed by atoms with Gasteiger partial charge in [-0.2, -0.15) is 0 Å². The maximum atomic E-state index is 10.6. The minimum Gasteiger partial charge on any atom is -0.481 e. The van der Waals surface area contributed by atoms with Gasteiger partial charge in [-0.3, -0.25) is 4.79 Å². The third-order valence-electron chi connectivity index (χ3n) is 2.41. The van der Waals surface area contributed by atoms with Crippen molar-refractivity contribution in [3.63, 3.8) is 0 Å². The lowest BCUT2D eigenvalue weighted by atomic mass is 10.0. The third-order valence-corrected chi connectivity index (χ3v) is 2.75.